The molecule has 1 atom stereocenters. The molecule has 2 rings (SSSR count). The van der Waals surface area contributed by atoms with Crippen LogP contribution < -0.4 is 5.32 Å². The van der Waals surface area contributed by atoms with E-state index in [1.54, 1.807) is 0 Å². The zero-order valence-electron chi connectivity index (χ0n) is 12.7. The van der Waals surface area contributed by atoms with E-state index in [4.69, 9.17) is 0 Å². The smallest absolute Gasteiger partial charge is 0.0449 e. The molecule has 1 N–H and O–H groups in total. The van der Waals surface area contributed by atoms with Crippen molar-refractivity contribution in [2.75, 3.05) is 26.7 Å². The molecule has 1 fully saturated rings. The van der Waals surface area contributed by atoms with E-state index in [2.05, 4.69) is 55.4 Å². The van der Waals surface area contributed by atoms with Gasteiger partial charge in [-0.2, -0.15) is 0 Å². The number of hydrogen-bond acceptors (Lipinski definition) is 2. The molecule has 0 spiro atoms. The van der Waals surface area contributed by atoms with Crippen LogP contribution in [0.25, 0.3) is 0 Å². The van der Waals surface area contributed by atoms with Crippen molar-refractivity contribution in [1.82, 2.24) is 10.2 Å². The Bertz CT molecular complexity index is 367. The summed E-state index contributed by atoms with van der Waals surface area (Å²) < 4.78 is 0. The maximum absolute atomic E-state index is 3.62. The van der Waals surface area contributed by atoms with Gasteiger partial charge in [0.1, 0.15) is 0 Å². The zero-order valence-corrected chi connectivity index (χ0v) is 12.7. The molecule has 0 heterocycles. The first-order chi connectivity index (χ1) is 9.22. The predicted octanol–water partition coefficient (Wildman–Crippen LogP) is 3.24. The first-order valence-electron chi connectivity index (χ1n) is 7.73. The van der Waals surface area contributed by atoms with Crippen molar-refractivity contribution in [2.24, 2.45) is 5.92 Å². The van der Waals surface area contributed by atoms with Gasteiger partial charge in [-0.05, 0) is 49.9 Å². The molecule has 2 heteroatoms. The summed E-state index contributed by atoms with van der Waals surface area (Å²) in [5, 5.41) is 3.62. The lowest BCUT2D eigenvalue weighted by molar-refractivity contribution is 0.282. The molecule has 1 unspecified atom stereocenters. The van der Waals surface area contributed by atoms with E-state index < -0.39 is 0 Å². The molecular formula is C17H28N2. The van der Waals surface area contributed by atoms with Crippen molar-refractivity contribution in [2.45, 2.75) is 39.2 Å². The summed E-state index contributed by atoms with van der Waals surface area (Å²) in [7, 11) is 2.25. The molecule has 1 aromatic rings. The van der Waals surface area contributed by atoms with E-state index in [-0.39, 0.29) is 0 Å². The highest BCUT2D eigenvalue weighted by Crippen LogP contribution is 2.29. The van der Waals surface area contributed by atoms with Gasteiger partial charge in [-0.25, -0.2) is 0 Å². The fourth-order valence-corrected chi connectivity index (χ4v) is 2.65. The topological polar surface area (TPSA) is 15.3 Å². The Labute approximate surface area is 118 Å². The summed E-state index contributed by atoms with van der Waals surface area (Å²) in [5.41, 5.74) is 2.84. The molecule has 0 saturated heterocycles. The predicted molar refractivity (Wildman–Crippen MR) is 82.5 cm³/mol. The molecule has 2 nitrogen and oxygen atoms in total. The Hall–Kier alpha value is -0.860. The fraction of sp³-hybridized carbons (Fsp3) is 0.647. The molecule has 0 aliphatic heterocycles. The molecule has 1 aliphatic carbocycles. The second-order valence-electron chi connectivity index (χ2n) is 5.87. The molecule has 1 aromatic carbocycles. The molecule has 0 bridgehead atoms. The largest absolute Gasteiger partial charge is 0.309 e. The summed E-state index contributed by atoms with van der Waals surface area (Å²) in [6.45, 7) is 7.79. The fourth-order valence-electron chi connectivity index (χ4n) is 2.65. The zero-order chi connectivity index (χ0) is 13.7. The van der Waals surface area contributed by atoms with Gasteiger partial charge in [0.25, 0.3) is 0 Å². The van der Waals surface area contributed by atoms with Crippen LogP contribution in [-0.4, -0.2) is 31.6 Å². The van der Waals surface area contributed by atoms with Crippen molar-refractivity contribution in [3.05, 3.63) is 35.4 Å². The third-order valence-electron chi connectivity index (χ3n) is 4.00. The minimum absolute atomic E-state index is 0.458. The molecule has 19 heavy (non-hydrogen) atoms. The van der Waals surface area contributed by atoms with Gasteiger partial charge in [0.2, 0.25) is 0 Å². The van der Waals surface area contributed by atoms with Crippen molar-refractivity contribution < 1.29 is 0 Å². The number of rotatable bonds is 8. The highest BCUT2D eigenvalue weighted by molar-refractivity contribution is 5.25. The second-order valence-corrected chi connectivity index (χ2v) is 5.87. The first kappa shape index (κ1) is 14.5. The Morgan fingerprint density at radius 2 is 1.89 bits per heavy atom. The van der Waals surface area contributed by atoms with Gasteiger partial charge in [0.15, 0.2) is 0 Å². The van der Waals surface area contributed by atoms with E-state index in [1.807, 2.05) is 0 Å². The number of nitrogens with one attached hydrogen (secondary N) is 1. The van der Waals surface area contributed by atoms with Gasteiger partial charge in [-0.3, -0.25) is 0 Å². The Kier molecular flexibility index (Phi) is 5.41. The van der Waals surface area contributed by atoms with Crippen LogP contribution in [0.2, 0.25) is 0 Å². The molecule has 0 amide bonds. The number of aryl methyl sites for hydroxylation is 1. The minimum atomic E-state index is 0.458. The maximum Gasteiger partial charge on any atom is 0.0449 e. The highest BCUT2D eigenvalue weighted by atomic mass is 15.1. The van der Waals surface area contributed by atoms with Crippen LogP contribution >= 0.6 is 0 Å². The second kappa shape index (κ2) is 7.06. The van der Waals surface area contributed by atoms with Crippen LogP contribution in [0.1, 0.15) is 43.9 Å². The van der Waals surface area contributed by atoms with Gasteiger partial charge in [-0.1, -0.05) is 38.1 Å². The van der Waals surface area contributed by atoms with Gasteiger partial charge in [0.05, 0.1) is 0 Å². The van der Waals surface area contributed by atoms with E-state index in [0.717, 1.165) is 25.4 Å². The number of likely N-dealkylation sites (N-methyl/N-ethyl adjacent to an activating group) is 2. The van der Waals surface area contributed by atoms with Crippen LogP contribution in [0, 0.1) is 5.92 Å². The van der Waals surface area contributed by atoms with Gasteiger partial charge in [0, 0.05) is 19.1 Å². The summed E-state index contributed by atoms with van der Waals surface area (Å²) in [4.78, 5) is 2.48. The summed E-state index contributed by atoms with van der Waals surface area (Å²) in [6.07, 6.45) is 3.98. The van der Waals surface area contributed by atoms with Crippen LogP contribution in [0.5, 0.6) is 0 Å². The van der Waals surface area contributed by atoms with Gasteiger partial charge >= 0.3 is 0 Å². The average molecular weight is 260 g/mol. The lowest BCUT2D eigenvalue weighted by Crippen LogP contribution is -2.34. The molecule has 1 saturated carbocycles. The Morgan fingerprint density at radius 3 is 2.42 bits per heavy atom. The molecule has 0 aromatic heterocycles. The van der Waals surface area contributed by atoms with E-state index >= 15 is 0 Å². The third kappa shape index (κ3) is 4.63. The van der Waals surface area contributed by atoms with Gasteiger partial charge < -0.3 is 10.2 Å². The summed E-state index contributed by atoms with van der Waals surface area (Å²) in [5.74, 6) is 0.967. The minimum Gasteiger partial charge on any atom is -0.309 e. The van der Waals surface area contributed by atoms with Gasteiger partial charge in [-0.15, -0.1) is 0 Å². The third-order valence-corrected chi connectivity index (χ3v) is 4.00. The Morgan fingerprint density at radius 1 is 1.21 bits per heavy atom. The van der Waals surface area contributed by atoms with Crippen molar-refractivity contribution in [3.8, 4) is 0 Å². The number of nitrogens with zero attached hydrogens (tertiary/aromatic N) is 1. The highest BCUT2D eigenvalue weighted by Gasteiger charge is 2.24. The van der Waals surface area contributed by atoms with Crippen LogP contribution in [0.15, 0.2) is 24.3 Å². The standard InChI is InChI=1S/C17H28N2/c1-4-14-8-10-16(11-9-14)17(18-5-2)13-19(3)12-15-6-7-15/h8-11,15,17-18H,4-7,12-13H2,1-3H3. The summed E-state index contributed by atoms with van der Waals surface area (Å²) >= 11 is 0. The number of benzene rings is 1. The monoisotopic (exact) mass is 260 g/mol. The lowest BCUT2D eigenvalue weighted by atomic mass is 10.0. The molecule has 0 radical (unpaired) electrons. The quantitative estimate of drug-likeness (QED) is 0.772. The lowest BCUT2D eigenvalue weighted by Gasteiger charge is -2.25. The normalized spacial score (nSPS) is 16.8. The SMILES string of the molecule is CCNC(CN(C)CC1CC1)c1ccc(CC)cc1. The van der Waals surface area contributed by atoms with Crippen molar-refractivity contribution in [1.29, 1.82) is 0 Å². The summed E-state index contributed by atoms with van der Waals surface area (Å²) in [6, 6.07) is 9.56. The first-order valence-corrected chi connectivity index (χ1v) is 7.73. The van der Waals surface area contributed by atoms with E-state index in [0.29, 0.717) is 6.04 Å². The van der Waals surface area contributed by atoms with Crippen molar-refractivity contribution >= 4 is 0 Å². The van der Waals surface area contributed by atoms with Crippen LogP contribution in [0.4, 0.5) is 0 Å². The van der Waals surface area contributed by atoms with E-state index in [9.17, 15) is 0 Å². The maximum atomic E-state index is 3.62. The Balaban J connectivity index is 1.95. The van der Waals surface area contributed by atoms with Crippen LogP contribution in [0.3, 0.4) is 0 Å². The van der Waals surface area contributed by atoms with E-state index in [1.165, 1.54) is 30.5 Å². The van der Waals surface area contributed by atoms with Crippen LogP contribution in [-0.2, 0) is 6.42 Å². The molecule has 1 aliphatic rings. The molecule has 106 valence electrons. The average Bonchev–Trinajstić information content (AvgIpc) is 3.22. The van der Waals surface area contributed by atoms with Crippen molar-refractivity contribution in [3.63, 3.8) is 0 Å². The number of hydrogen-bond donors (Lipinski definition) is 1. The molecular weight excluding hydrogens is 232 g/mol.